The molecule has 1 fully saturated rings. The van der Waals surface area contributed by atoms with Crippen molar-refractivity contribution in [2.24, 2.45) is 11.8 Å². The number of hydrogen-bond acceptors (Lipinski definition) is 1. The van der Waals surface area contributed by atoms with Gasteiger partial charge in [0, 0.05) is 5.39 Å². The molecule has 0 spiro atoms. The first-order valence-electron chi connectivity index (χ1n) is 10.4. The lowest BCUT2D eigenvalue weighted by Gasteiger charge is -2.28. The molecule has 160 valence electrons. The van der Waals surface area contributed by atoms with Crippen LogP contribution in [0.4, 0.5) is 22.0 Å². The molecule has 6 heteroatoms. The molecular weight excluding hydrogens is 387 g/mol. The van der Waals surface area contributed by atoms with Gasteiger partial charge in [0.15, 0.2) is 24.0 Å². The van der Waals surface area contributed by atoms with E-state index in [9.17, 15) is 22.0 Å². The molecule has 0 heterocycles. The molecule has 0 N–H and O–H groups in total. The van der Waals surface area contributed by atoms with Crippen LogP contribution in [-0.2, 0) is 6.42 Å². The first kappa shape index (κ1) is 21.8. The van der Waals surface area contributed by atoms with Crippen molar-refractivity contribution in [3.8, 4) is 5.75 Å². The fraction of sp³-hybridized carbons (Fsp3) is 0.565. The van der Waals surface area contributed by atoms with Crippen molar-refractivity contribution < 1.29 is 26.7 Å². The van der Waals surface area contributed by atoms with Gasteiger partial charge in [-0.15, -0.1) is 0 Å². The van der Waals surface area contributed by atoms with E-state index >= 15 is 0 Å². The minimum Gasteiger partial charge on any atom is -0.478 e. The number of halogens is 5. The summed E-state index contributed by atoms with van der Waals surface area (Å²) in [5.74, 6) is -1.65. The molecule has 0 aromatic heterocycles. The largest absolute Gasteiger partial charge is 0.478 e. The van der Waals surface area contributed by atoms with E-state index in [2.05, 4.69) is 11.7 Å². The maximum absolute atomic E-state index is 14.5. The van der Waals surface area contributed by atoms with Gasteiger partial charge in [0.2, 0.25) is 0 Å². The summed E-state index contributed by atoms with van der Waals surface area (Å²) in [4.78, 5) is 0. The second kappa shape index (κ2) is 9.31. The Labute approximate surface area is 168 Å². The van der Waals surface area contributed by atoms with Crippen molar-refractivity contribution in [2.75, 3.05) is 6.61 Å². The van der Waals surface area contributed by atoms with Crippen molar-refractivity contribution in [1.82, 2.24) is 0 Å². The molecule has 0 aliphatic heterocycles. The second-order valence-corrected chi connectivity index (χ2v) is 8.17. The number of rotatable bonds is 7. The molecular formula is C23H27F5O. The van der Waals surface area contributed by atoms with Gasteiger partial charge in [0.1, 0.15) is 0 Å². The van der Waals surface area contributed by atoms with Gasteiger partial charge in [0.05, 0.1) is 0 Å². The number of alkyl halides is 3. The molecule has 0 amide bonds. The molecule has 3 rings (SSSR count). The lowest BCUT2D eigenvalue weighted by atomic mass is 9.78. The zero-order valence-electron chi connectivity index (χ0n) is 16.6. The van der Waals surface area contributed by atoms with E-state index in [1.807, 2.05) is 0 Å². The maximum atomic E-state index is 14.5. The second-order valence-electron chi connectivity index (χ2n) is 8.17. The van der Waals surface area contributed by atoms with Crippen LogP contribution in [-0.4, -0.2) is 12.8 Å². The number of fused-ring (bicyclic) bond motifs is 1. The molecule has 1 saturated carbocycles. The number of ether oxygens (including phenoxy) is 1. The van der Waals surface area contributed by atoms with Crippen LogP contribution in [0.5, 0.6) is 5.75 Å². The number of aryl methyl sites for hydroxylation is 1. The highest BCUT2D eigenvalue weighted by Gasteiger charge is 2.30. The van der Waals surface area contributed by atoms with Crippen molar-refractivity contribution in [3.63, 3.8) is 0 Å². The predicted octanol–water partition coefficient (Wildman–Crippen LogP) is 7.60. The van der Waals surface area contributed by atoms with Crippen LogP contribution >= 0.6 is 0 Å². The van der Waals surface area contributed by atoms with E-state index in [0.29, 0.717) is 11.3 Å². The summed E-state index contributed by atoms with van der Waals surface area (Å²) in [6, 6.07) is 6.03. The van der Waals surface area contributed by atoms with E-state index in [1.54, 1.807) is 12.1 Å². The van der Waals surface area contributed by atoms with Crippen LogP contribution in [0.1, 0.15) is 57.4 Å². The summed E-state index contributed by atoms with van der Waals surface area (Å²) < 4.78 is 69.9. The molecule has 1 aliphatic carbocycles. The monoisotopic (exact) mass is 414 g/mol. The number of benzene rings is 2. The SMILES string of the molecule is CCCC1CCC(CCc2ccc3c(F)c(OCC(F)(F)F)c(F)cc3c2)CC1. The highest BCUT2D eigenvalue weighted by molar-refractivity contribution is 5.85. The lowest BCUT2D eigenvalue weighted by Crippen LogP contribution is -2.20. The predicted molar refractivity (Wildman–Crippen MR) is 104 cm³/mol. The average molecular weight is 414 g/mol. The van der Waals surface area contributed by atoms with Crippen LogP contribution in [0.15, 0.2) is 24.3 Å². The van der Waals surface area contributed by atoms with Crippen molar-refractivity contribution in [3.05, 3.63) is 41.5 Å². The third-order valence-electron chi connectivity index (χ3n) is 5.94. The molecule has 0 saturated heterocycles. The van der Waals surface area contributed by atoms with Crippen LogP contribution in [0.2, 0.25) is 0 Å². The fourth-order valence-electron chi connectivity index (χ4n) is 4.39. The van der Waals surface area contributed by atoms with Crippen LogP contribution in [0.3, 0.4) is 0 Å². The average Bonchev–Trinajstić information content (AvgIpc) is 2.66. The van der Waals surface area contributed by atoms with Crippen LogP contribution in [0.25, 0.3) is 10.8 Å². The molecule has 0 atom stereocenters. The van der Waals surface area contributed by atoms with Gasteiger partial charge < -0.3 is 4.74 Å². The van der Waals surface area contributed by atoms with Gasteiger partial charge in [-0.25, -0.2) is 8.78 Å². The molecule has 1 nitrogen and oxygen atoms in total. The summed E-state index contributed by atoms with van der Waals surface area (Å²) in [7, 11) is 0. The van der Waals surface area contributed by atoms with Gasteiger partial charge in [-0.1, -0.05) is 63.6 Å². The fourth-order valence-corrected chi connectivity index (χ4v) is 4.39. The van der Waals surface area contributed by atoms with E-state index in [-0.39, 0.29) is 5.39 Å². The Morgan fingerprint density at radius 1 is 0.966 bits per heavy atom. The van der Waals surface area contributed by atoms with E-state index in [0.717, 1.165) is 30.4 Å². The Morgan fingerprint density at radius 2 is 1.62 bits per heavy atom. The Bertz CT molecular complexity index is 822. The highest BCUT2D eigenvalue weighted by Crippen LogP contribution is 2.35. The van der Waals surface area contributed by atoms with Crippen molar-refractivity contribution in [1.29, 1.82) is 0 Å². The molecule has 0 unspecified atom stereocenters. The van der Waals surface area contributed by atoms with Crippen molar-refractivity contribution in [2.45, 2.75) is 64.5 Å². The zero-order valence-corrected chi connectivity index (χ0v) is 16.6. The summed E-state index contributed by atoms with van der Waals surface area (Å²) in [6.45, 7) is 0.494. The zero-order chi connectivity index (χ0) is 21.0. The lowest BCUT2D eigenvalue weighted by molar-refractivity contribution is -0.154. The Morgan fingerprint density at radius 3 is 2.24 bits per heavy atom. The van der Waals surface area contributed by atoms with Gasteiger partial charge in [0.25, 0.3) is 0 Å². The van der Waals surface area contributed by atoms with Crippen molar-refractivity contribution >= 4 is 10.8 Å². The first-order chi connectivity index (χ1) is 13.8. The van der Waals surface area contributed by atoms with E-state index in [1.165, 1.54) is 44.6 Å². The molecule has 1 aliphatic rings. The number of hydrogen-bond donors (Lipinski definition) is 0. The minimum absolute atomic E-state index is 0.0624. The topological polar surface area (TPSA) is 9.23 Å². The minimum atomic E-state index is -4.66. The quantitative estimate of drug-likeness (QED) is 0.424. The smallest absolute Gasteiger partial charge is 0.422 e. The van der Waals surface area contributed by atoms with Crippen LogP contribution < -0.4 is 4.74 Å². The third kappa shape index (κ3) is 5.83. The summed E-state index contributed by atoms with van der Waals surface area (Å²) in [6.07, 6.45) is 4.80. The standard InChI is InChI=1S/C23H27F5O/c1-2-3-15-4-6-16(7-5-15)8-9-17-10-11-19-18(12-17)13-20(24)22(21(19)25)29-14-23(26,27)28/h10-13,15-16H,2-9,14H2,1H3. The summed E-state index contributed by atoms with van der Waals surface area (Å²) in [5, 5.41) is 0.399. The molecule has 0 radical (unpaired) electrons. The van der Waals surface area contributed by atoms with Gasteiger partial charge in [-0.05, 0) is 41.7 Å². The van der Waals surface area contributed by atoms with E-state index < -0.39 is 30.2 Å². The molecule has 2 aromatic carbocycles. The molecule has 29 heavy (non-hydrogen) atoms. The van der Waals surface area contributed by atoms with E-state index in [4.69, 9.17) is 0 Å². The van der Waals surface area contributed by atoms with Crippen LogP contribution in [0, 0.1) is 23.5 Å². The third-order valence-corrected chi connectivity index (χ3v) is 5.94. The van der Waals surface area contributed by atoms with Gasteiger partial charge >= 0.3 is 6.18 Å². The molecule has 2 aromatic rings. The maximum Gasteiger partial charge on any atom is 0.422 e. The first-order valence-corrected chi connectivity index (χ1v) is 10.4. The van der Waals surface area contributed by atoms with Gasteiger partial charge in [-0.3, -0.25) is 0 Å². The Kier molecular flexibility index (Phi) is 7.01. The van der Waals surface area contributed by atoms with Gasteiger partial charge in [-0.2, -0.15) is 13.2 Å². The summed E-state index contributed by atoms with van der Waals surface area (Å²) in [5.41, 5.74) is 0.982. The molecule has 0 bridgehead atoms. The highest BCUT2D eigenvalue weighted by atomic mass is 19.4. The normalized spacial score (nSPS) is 20.2. The Hall–Kier alpha value is -1.85. The summed E-state index contributed by atoms with van der Waals surface area (Å²) >= 11 is 0. The Balaban J connectivity index is 1.66.